The highest BCUT2D eigenvalue weighted by Crippen LogP contribution is 2.53. The molecule has 0 bridgehead atoms. The predicted molar refractivity (Wildman–Crippen MR) is 219 cm³/mol. The Bertz CT molecular complexity index is 2350. The number of aromatic amines is 1. The Morgan fingerprint density at radius 3 is 2.29 bits per heavy atom. The molecule has 4 aromatic rings. The first-order chi connectivity index (χ1) is 28.7. The van der Waals surface area contributed by atoms with E-state index in [0.29, 0.717) is 17.0 Å². The number of piperidine rings is 3. The topological polar surface area (TPSA) is 160 Å². The molecule has 4 amide bonds. The van der Waals surface area contributed by atoms with Gasteiger partial charge in [-0.1, -0.05) is 0 Å². The molecule has 1 unspecified atom stereocenters. The largest absolute Gasteiger partial charge is 0.488 e. The van der Waals surface area contributed by atoms with Crippen LogP contribution in [-0.2, 0) is 9.59 Å². The molecule has 0 radical (unpaired) electrons. The van der Waals surface area contributed by atoms with Gasteiger partial charge in [0.15, 0.2) is 0 Å². The number of imide groups is 2. The van der Waals surface area contributed by atoms with Gasteiger partial charge in [0.1, 0.15) is 35.2 Å². The maximum Gasteiger partial charge on any atom is 0.262 e. The van der Waals surface area contributed by atoms with Gasteiger partial charge in [-0.05, 0) is 99.1 Å². The molecule has 2 aromatic heterocycles. The van der Waals surface area contributed by atoms with Gasteiger partial charge in [-0.3, -0.25) is 34.5 Å². The number of rotatable bonds is 10. The van der Waals surface area contributed by atoms with Gasteiger partial charge in [-0.15, -0.1) is 0 Å². The Morgan fingerprint density at radius 1 is 0.797 bits per heavy atom. The van der Waals surface area contributed by atoms with Gasteiger partial charge in [0.25, 0.3) is 11.8 Å². The average Bonchev–Trinajstić information content (AvgIpc) is 3.90. The fourth-order valence-corrected chi connectivity index (χ4v) is 10.4. The summed E-state index contributed by atoms with van der Waals surface area (Å²) >= 11 is 0. The van der Waals surface area contributed by atoms with Crippen molar-refractivity contribution in [2.24, 2.45) is 23.7 Å². The van der Waals surface area contributed by atoms with E-state index in [1.165, 1.54) is 6.54 Å². The van der Waals surface area contributed by atoms with Crippen molar-refractivity contribution >= 4 is 46.0 Å². The zero-order valence-corrected chi connectivity index (χ0v) is 33.4. The van der Waals surface area contributed by atoms with Crippen molar-refractivity contribution in [3.8, 4) is 17.1 Å². The van der Waals surface area contributed by atoms with Crippen LogP contribution in [0.15, 0.2) is 48.8 Å². The second-order valence-corrected chi connectivity index (χ2v) is 18.2. The molecule has 0 spiro atoms. The highest BCUT2D eigenvalue weighted by Gasteiger charge is 2.56. The minimum atomic E-state index is -0.951. The quantitative estimate of drug-likeness (QED) is 0.225. The van der Waals surface area contributed by atoms with E-state index in [9.17, 15) is 19.2 Å². The number of anilines is 2. The van der Waals surface area contributed by atoms with Gasteiger partial charge in [0, 0.05) is 89.0 Å². The van der Waals surface area contributed by atoms with Crippen LogP contribution in [0.1, 0.15) is 66.2 Å². The minimum Gasteiger partial charge on any atom is -0.488 e. The van der Waals surface area contributed by atoms with Crippen molar-refractivity contribution in [3.63, 3.8) is 0 Å². The number of nitrogens with one attached hydrogen (secondary N) is 2. The lowest BCUT2D eigenvalue weighted by molar-refractivity contribution is -0.136. The summed E-state index contributed by atoms with van der Waals surface area (Å²) in [6.45, 7) is 12.8. The molecule has 2 saturated carbocycles. The summed E-state index contributed by atoms with van der Waals surface area (Å²) in [6.07, 6.45) is 6.28. The number of nitrogens with zero attached hydrogens (tertiary/aromatic N) is 8. The van der Waals surface area contributed by atoms with Crippen LogP contribution in [-0.4, -0.2) is 136 Å². The van der Waals surface area contributed by atoms with Crippen molar-refractivity contribution in [1.82, 2.24) is 40.2 Å². The van der Waals surface area contributed by atoms with Crippen LogP contribution in [0, 0.1) is 23.7 Å². The second-order valence-electron chi connectivity index (χ2n) is 18.2. The number of carbonyl (C=O) groups excluding carboxylic acids is 4. The van der Waals surface area contributed by atoms with Gasteiger partial charge >= 0.3 is 0 Å². The van der Waals surface area contributed by atoms with Crippen LogP contribution in [0.4, 0.5) is 11.5 Å². The fraction of sp³-hybridized carbons (Fsp3) is 0.523. The molecule has 7 heterocycles. The zero-order chi connectivity index (χ0) is 40.0. The van der Waals surface area contributed by atoms with E-state index in [4.69, 9.17) is 4.74 Å². The van der Waals surface area contributed by atoms with Gasteiger partial charge in [0.05, 0.1) is 22.3 Å². The van der Waals surface area contributed by atoms with Crippen LogP contribution in [0.3, 0.4) is 0 Å². The van der Waals surface area contributed by atoms with E-state index in [0.717, 1.165) is 147 Å². The number of hydrogen-bond donors (Lipinski definition) is 2. The Hall–Kier alpha value is -5.41. The summed E-state index contributed by atoms with van der Waals surface area (Å²) in [5, 5.41) is 11.1. The molecule has 2 aromatic carbocycles. The predicted octanol–water partition coefficient (Wildman–Crippen LogP) is 3.57. The van der Waals surface area contributed by atoms with Crippen LogP contribution >= 0.6 is 0 Å². The van der Waals surface area contributed by atoms with Crippen LogP contribution in [0.5, 0.6) is 5.75 Å². The summed E-state index contributed by atoms with van der Waals surface area (Å²) in [5.41, 5.74) is 4.19. The number of H-pyrrole nitrogens is 1. The third kappa shape index (κ3) is 6.81. The molecule has 4 saturated heterocycles. The molecular formula is C44H50N10O5. The molecule has 15 nitrogen and oxygen atoms in total. The van der Waals surface area contributed by atoms with E-state index < -0.39 is 23.8 Å². The number of piperazine rings is 1. The van der Waals surface area contributed by atoms with Crippen LogP contribution < -0.4 is 19.9 Å². The zero-order valence-electron chi connectivity index (χ0n) is 33.4. The lowest BCUT2D eigenvalue weighted by Crippen LogP contribution is -2.54. The van der Waals surface area contributed by atoms with Crippen LogP contribution in [0.2, 0.25) is 0 Å². The van der Waals surface area contributed by atoms with Gasteiger partial charge < -0.3 is 24.3 Å². The molecule has 4 atom stereocenters. The number of hydrogen-bond acceptors (Lipinski definition) is 12. The summed E-state index contributed by atoms with van der Waals surface area (Å²) in [6, 6.07) is 12.7. The highest BCUT2D eigenvalue weighted by molar-refractivity contribution is 6.23. The summed E-state index contributed by atoms with van der Waals surface area (Å²) in [5.74, 6) is 2.80. The molecule has 2 N–H and O–H groups in total. The normalized spacial score (nSPS) is 27.0. The smallest absolute Gasteiger partial charge is 0.262 e. The Balaban J connectivity index is 0.630. The van der Waals surface area contributed by atoms with Crippen molar-refractivity contribution in [2.75, 3.05) is 75.2 Å². The Kier molecular flexibility index (Phi) is 8.77. The van der Waals surface area contributed by atoms with Crippen molar-refractivity contribution in [2.45, 2.75) is 57.1 Å². The van der Waals surface area contributed by atoms with Crippen molar-refractivity contribution < 1.29 is 23.9 Å². The summed E-state index contributed by atoms with van der Waals surface area (Å²) < 4.78 is 6.23. The Labute approximate surface area is 342 Å². The first-order valence-corrected chi connectivity index (χ1v) is 21.5. The summed E-state index contributed by atoms with van der Waals surface area (Å²) in [4.78, 5) is 71.0. The molecular weight excluding hydrogens is 749 g/mol. The SMILES string of the molecule is CC1(Oc2ccc3[nH]nc(-c4cc(N5C[C@@H]6[C@H](CN7CCN(CC8CCN(c9ccc%10c(c9)C(=O)N(C9CCC(=O)NC9=O)C%10=O)CC8)CC7)[C@@H]6C5)ncn4)c3c2)CC1. The average molecular weight is 799 g/mol. The van der Waals surface area contributed by atoms with Crippen LogP contribution in [0.25, 0.3) is 22.3 Å². The third-order valence-electron chi connectivity index (χ3n) is 14.3. The van der Waals surface area contributed by atoms with Gasteiger partial charge in [0.2, 0.25) is 11.8 Å². The first-order valence-electron chi connectivity index (χ1n) is 21.5. The standard InChI is InChI=1S/C44H50N10O5/c1-44(10-11-44)59-28-3-5-35-31(19-28)40(49-48-35)36-20-38(46-25-45-36)53-23-33-32(34(33)24-53)22-51-16-14-50(15-17-51)21-26-8-12-52(13-9-26)27-2-4-29-30(18-27)43(58)54(42(29)57)37-6-7-39(55)47-41(37)56/h2-5,18-20,25-26,32-34,37H,6-17,21-24H2,1H3,(H,48,49)(H,47,55,56)/t32-,33+,34-,37?. The lowest BCUT2D eigenvalue weighted by atomic mass is 9.95. The summed E-state index contributed by atoms with van der Waals surface area (Å²) in [7, 11) is 0. The molecule has 59 heavy (non-hydrogen) atoms. The number of ether oxygens (including phenoxy) is 1. The third-order valence-corrected chi connectivity index (χ3v) is 14.3. The monoisotopic (exact) mass is 798 g/mol. The van der Waals surface area contributed by atoms with E-state index >= 15 is 0 Å². The molecule has 6 fully saturated rings. The number of benzene rings is 2. The van der Waals surface area contributed by atoms with E-state index in [2.05, 4.69) is 64.1 Å². The second kappa shape index (κ2) is 14.1. The van der Waals surface area contributed by atoms with Crippen molar-refractivity contribution in [1.29, 1.82) is 0 Å². The molecule has 11 rings (SSSR count). The first kappa shape index (κ1) is 36.7. The highest BCUT2D eigenvalue weighted by atomic mass is 16.5. The Morgan fingerprint density at radius 2 is 1.54 bits per heavy atom. The van der Waals surface area contributed by atoms with E-state index in [1.54, 1.807) is 12.4 Å². The number of carbonyl (C=O) groups is 4. The number of fused-ring (bicyclic) bond motifs is 3. The lowest BCUT2D eigenvalue weighted by Gasteiger charge is -2.39. The molecule has 7 aliphatic rings. The fourth-order valence-electron chi connectivity index (χ4n) is 10.4. The van der Waals surface area contributed by atoms with Gasteiger partial charge in [-0.2, -0.15) is 5.10 Å². The minimum absolute atomic E-state index is 0.0397. The van der Waals surface area contributed by atoms with E-state index in [-0.39, 0.29) is 24.3 Å². The van der Waals surface area contributed by atoms with E-state index in [1.807, 2.05) is 24.3 Å². The molecule has 2 aliphatic carbocycles. The maximum atomic E-state index is 13.4. The van der Waals surface area contributed by atoms with Gasteiger partial charge in [-0.25, -0.2) is 9.97 Å². The molecule has 5 aliphatic heterocycles. The molecule has 306 valence electrons. The number of aromatic nitrogens is 4. The maximum absolute atomic E-state index is 13.4. The number of amides is 4. The molecule has 15 heteroatoms. The van der Waals surface area contributed by atoms with Crippen molar-refractivity contribution in [3.05, 3.63) is 59.9 Å².